The summed E-state index contributed by atoms with van der Waals surface area (Å²) in [5, 5.41) is 0. The number of rotatable bonds is 8. The van der Waals surface area contributed by atoms with Crippen LogP contribution < -0.4 is 4.74 Å². The molecule has 0 spiro atoms. The Hall–Kier alpha value is -1.93. The number of hydrogen-bond acceptors (Lipinski definition) is 6. The van der Waals surface area contributed by atoms with Gasteiger partial charge in [0.05, 0.1) is 24.3 Å². The number of esters is 2. The van der Waals surface area contributed by atoms with Crippen molar-refractivity contribution in [3.05, 3.63) is 24.3 Å². The first kappa shape index (κ1) is 18.1. The van der Waals surface area contributed by atoms with Crippen molar-refractivity contribution in [3.8, 4) is 5.75 Å². The Labute approximate surface area is 129 Å². The molecular weight excluding hydrogens is 312 g/mol. The lowest BCUT2D eigenvalue weighted by Gasteiger charge is -2.05. The molecule has 1 aromatic rings. The Bertz CT molecular complexity index is 605. The van der Waals surface area contributed by atoms with Crippen LogP contribution in [-0.4, -0.2) is 31.5 Å². The summed E-state index contributed by atoms with van der Waals surface area (Å²) in [4.78, 5) is 22.5. The lowest BCUT2D eigenvalue weighted by molar-refractivity contribution is -0.147. The van der Waals surface area contributed by atoms with Crippen molar-refractivity contribution in [1.82, 2.24) is 0 Å². The second-order valence-corrected chi connectivity index (χ2v) is 5.92. The van der Waals surface area contributed by atoms with Crippen LogP contribution in [0.2, 0.25) is 0 Å². The number of carbonyl (C=O) groups is 2. The molecule has 0 radical (unpaired) electrons. The van der Waals surface area contributed by atoms with Crippen LogP contribution in [0.5, 0.6) is 5.75 Å². The lowest BCUT2D eigenvalue weighted by atomic mass is 10.3. The van der Waals surface area contributed by atoms with Gasteiger partial charge in [0.25, 0.3) is 10.1 Å². The Morgan fingerprint density at radius 3 is 2.23 bits per heavy atom. The van der Waals surface area contributed by atoms with Crippen molar-refractivity contribution in [2.24, 2.45) is 0 Å². The van der Waals surface area contributed by atoms with E-state index in [-0.39, 0.29) is 23.5 Å². The average molecular weight is 330 g/mol. The normalized spacial score (nSPS) is 11.0. The fourth-order valence-electron chi connectivity index (χ4n) is 1.47. The monoisotopic (exact) mass is 330 g/mol. The minimum atomic E-state index is -4.28. The van der Waals surface area contributed by atoms with E-state index in [1.807, 2.05) is 6.92 Å². The summed E-state index contributed by atoms with van der Waals surface area (Å²) in [5.41, 5.74) is 0. The number of ether oxygens (including phenoxy) is 2. The number of hydrogen-bond donors (Lipinski definition) is 1. The summed E-state index contributed by atoms with van der Waals surface area (Å²) in [7, 11) is -4.28. The maximum atomic E-state index is 11.5. The Kier molecular flexibility index (Phi) is 7.00. The van der Waals surface area contributed by atoms with E-state index in [0.717, 1.165) is 25.0 Å². The number of benzene rings is 1. The van der Waals surface area contributed by atoms with Crippen LogP contribution in [0.25, 0.3) is 0 Å². The van der Waals surface area contributed by atoms with E-state index in [1.165, 1.54) is 12.1 Å². The second kappa shape index (κ2) is 8.50. The van der Waals surface area contributed by atoms with Gasteiger partial charge in [-0.3, -0.25) is 14.1 Å². The molecule has 1 N–H and O–H groups in total. The highest BCUT2D eigenvalue weighted by molar-refractivity contribution is 7.85. The zero-order valence-electron chi connectivity index (χ0n) is 12.1. The molecule has 1 aromatic carbocycles. The van der Waals surface area contributed by atoms with E-state index in [1.54, 1.807) is 0 Å². The third-order valence-electron chi connectivity index (χ3n) is 2.65. The van der Waals surface area contributed by atoms with Gasteiger partial charge in [-0.1, -0.05) is 13.3 Å². The van der Waals surface area contributed by atoms with E-state index < -0.39 is 22.1 Å². The molecule has 0 fully saturated rings. The van der Waals surface area contributed by atoms with Gasteiger partial charge in [0, 0.05) is 0 Å². The van der Waals surface area contributed by atoms with Crippen LogP contribution in [-0.2, 0) is 24.4 Å². The molecule has 7 nitrogen and oxygen atoms in total. The fraction of sp³-hybridized carbons (Fsp3) is 0.429. The summed E-state index contributed by atoms with van der Waals surface area (Å²) in [6.45, 7) is 2.31. The van der Waals surface area contributed by atoms with Gasteiger partial charge in [-0.2, -0.15) is 8.42 Å². The first-order valence-corrected chi connectivity index (χ1v) is 8.20. The van der Waals surface area contributed by atoms with Crippen molar-refractivity contribution in [2.75, 3.05) is 6.61 Å². The molecule has 0 aromatic heterocycles. The van der Waals surface area contributed by atoms with Gasteiger partial charge in [0.15, 0.2) is 0 Å². The Morgan fingerprint density at radius 1 is 1.09 bits per heavy atom. The predicted octanol–water partition coefficient (Wildman–Crippen LogP) is 1.96. The predicted molar refractivity (Wildman–Crippen MR) is 77.0 cm³/mol. The number of carbonyl (C=O) groups excluding carboxylic acids is 2. The van der Waals surface area contributed by atoms with Crippen LogP contribution in [0, 0.1) is 0 Å². The van der Waals surface area contributed by atoms with Gasteiger partial charge in [0.1, 0.15) is 5.75 Å². The van der Waals surface area contributed by atoms with Gasteiger partial charge in [-0.05, 0) is 30.7 Å². The molecule has 0 amide bonds. The average Bonchev–Trinajstić information content (AvgIpc) is 2.45. The molecule has 0 aliphatic rings. The molecular formula is C14H18O7S. The first-order valence-electron chi connectivity index (χ1n) is 6.76. The molecule has 0 atom stereocenters. The molecule has 0 aliphatic heterocycles. The highest BCUT2D eigenvalue weighted by atomic mass is 32.2. The molecule has 0 aliphatic carbocycles. The van der Waals surface area contributed by atoms with Gasteiger partial charge in [0.2, 0.25) is 0 Å². The van der Waals surface area contributed by atoms with Crippen LogP contribution in [0.1, 0.15) is 32.6 Å². The van der Waals surface area contributed by atoms with Gasteiger partial charge in [-0.25, -0.2) is 0 Å². The van der Waals surface area contributed by atoms with E-state index in [4.69, 9.17) is 14.0 Å². The minimum absolute atomic E-state index is 0.0777. The molecule has 0 saturated carbocycles. The number of unbranched alkanes of at least 4 members (excludes halogenated alkanes) is 1. The second-order valence-electron chi connectivity index (χ2n) is 4.49. The van der Waals surface area contributed by atoms with Gasteiger partial charge < -0.3 is 9.47 Å². The molecule has 0 unspecified atom stereocenters. The minimum Gasteiger partial charge on any atom is -0.466 e. The van der Waals surface area contributed by atoms with Gasteiger partial charge >= 0.3 is 11.9 Å². The van der Waals surface area contributed by atoms with E-state index >= 15 is 0 Å². The van der Waals surface area contributed by atoms with Crippen LogP contribution in [0.15, 0.2) is 29.2 Å². The first-order chi connectivity index (χ1) is 10.3. The zero-order chi connectivity index (χ0) is 16.6. The van der Waals surface area contributed by atoms with E-state index in [2.05, 4.69) is 0 Å². The largest absolute Gasteiger partial charge is 0.466 e. The summed E-state index contributed by atoms with van der Waals surface area (Å²) in [5.74, 6) is -0.976. The van der Waals surface area contributed by atoms with E-state index in [0.29, 0.717) is 6.61 Å². The van der Waals surface area contributed by atoms with Crippen LogP contribution in [0.3, 0.4) is 0 Å². The SMILES string of the molecule is CCCCOC(=O)CCC(=O)Oc1ccc(S(=O)(=O)O)cc1. The van der Waals surface area contributed by atoms with E-state index in [9.17, 15) is 18.0 Å². The quantitative estimate of drug-likeness (QED) is 0.336. The van der Waals surface area contributed by atoms with Gasteiger partial charge in [-0.15, -0.1) is 0 Å². The smallest absolute Gasteiger partial charge is 0.311 e. The molecule has 1 rings (SSSR count). The standard InChI is InChI=1S/C14H18O7S/c1-2-3-10-20-13(15)8-9-14(16)21-11-4-6-12(7-5-11)22(17,18)19/h4-7H,2-3,8-10H2,1H3,(H,17,18,19). The van der Waals surface area contributed by atoms with Crippen molar-refractivity contribution >= 4 is 22.1 Å². The Morgan fingerprint density at radius 2 is 1.68 bits per heavy atom. The molecule has 122 valence electrons. The van der Waals surface area contributed by atoms with Crippen molar-refractivity contribution < 1.29 is 32.0 Å². The molecule has 8 heteroatoms. The Balaban J connectivity index is 2.40. The third kappa shape index (κ3) is 6.68. The van der Waals surface area contributed by atoms with Crippen molar-refractivity contribution in [1.29, 1.82) is 0 Å². The molecule has 0 bridgehead atoms. The van der Waals surface area contributed by atoms with Crippen LogP contribution >= 0.6 is 0 Å². The van der Waals surface area contributed by atoms with Crippen molar-refractivity contribution in [2.45, 2.75) is 37.5 Å². The maximum Gasteiger partial charge on any atom is 0.311 e. The molecule has 0 heterocycles. The molecule has 0 saturated heterocycles. The van der Waals surface area contributed by atoms with Crippen LogP contribution in [0.4, 0.5) is 0 Å². The lowest BCUT2D eigenvalue weighted by Crippen LogP contribution is -2.12. The third-order valence-corrected chi connectivity index (χ3v) is 3.52. The topological polar surface area (TPSA) is 107 Å². The van der Waals surface area contributed by atoms with Crippen molar-refractivity contribution in [3.63, 3.8) is 0 Å². The summed E-state index contributed by atoms with van der Waals surface area (Å²) in [6, 6.07) is 4.69. The summed E-state index contributed by atoms with van der Waals surface area (Å²) < 4.78 is 40.3. The molecule has 22 heavy (non-hydrogen) atoms. The highest BCUT2D eigenvalue weighted by Gasteiger charge is 2.12. The fourth-order valence-corrected chi connectivity index (χ4v) is 1.95. The highest BCUT2D eigenvalue weighted by Crippen LogP contribution is 2.16. The maximum absolute atomic E-state index is 11.5. The zero-order valence-corrected chi connectivity index (χ0v) is 13.0. The summed E-state index contributed by atoms with van der Waals surface area (Å²) in [6.07, 6.45) is 1.47. The summed E-state index contributed by atoms with van der Waals surface area (Å²) >= 11 is 0.